The maximum atomic E-state index is 8.55. The molecule has 0 spiro atoms. The molecule has 2 aliphatic rings. The maximum Gasteiger partial charge on any atom is 0.0908 e. The van der Waals surface area contributed by atoms with E-state index < -0.39 is 0 Å². The van der Waals surface area contributed by atoms with E-state index in [1.165, 1.54) is 96.3 Å². The van der Waals surface area contributed by atoms with Crippen LogP contribution in [0.25, 0.3) is 0 Å². The van der Waals surface area contributed by atoms with Crippen molar-refractivity contribution in [3.63, 3.8) is 0 Å². The van der Waals surface area contributed by atoms with E-state index in [0.717, 1.165) is 30.1 Å². The Kier molecular flexibility index (Phi) is 10.3. The van der Waals surface area contributed by atoms with E-state index >= 15 is 0 Å². The summed E-state index contributed by atoms with van der Waals surface area (Å²) in [7, 11) is 0. The molecule has 0 unspecified atom stereocenters. The molecule has 0 bridgehead atoms. The first-order chi connectivity index (χ1) is 12.3. The fraction of sp³-hybridized carbons (Fsp3) is 0.875. The monoisotopic (exact) mass is 343 g/mol. The minimum absolute atomic E-state index is 0.930. The number of allylic oxidation sites excluding steroid dienone is 2. The molecule has 0 N–H and O–H groups in total. The first kappa shape index (κ1) is 20.5. The molecular weight excluding hydrogens is 302 g/mol. The predicted octanol–water partition coefficient (Wildman–Crippen LogP) is 7.82. The Labute approximate surface area is 157 Å². The molecule has 0 aromatic heterocycles. The molecule has 0 heterocycles. The van der Waals surface area contributed by atoms with Gasteiger partial charge < -0.3 is 0 Å². The highest BCUT2D eigenvalue weighted by Gasteiger charge is 2.30. The summed E-state index contributed by atoms with van der Waals surface area (Å²) < 4.78 is 0. The number of hydrogen-bond donors (Lipinski definition) is 0. The minimum Gasteiger partial charge on any atom is -0.193 e. The van der Waals surface area contributed by atoms with Crippen molar-refractivity contribution in [2.75, 3.05) is 0 Å². The van der Waals surface area contributed by atoms with E-state index in [9.17, 15) is 0 Å². The molecule has 0 saturated heterocycles. The van der Waals surface area contributed by atoms with Crippen LogP contribution in [0.15, 0.2) is 12.2 Å². The highest BCUT2D eigenvalue weighted by molar-refractivity contribution is 5.01. The molecule has 2 saturated carbocycles. The summed E-state index contributed by atoms with van der Waals surface area (Å²) in [6.45, 7) is 2.31. The average molecular weight is 344 g/mol. The lowest BCUT2D eigenvalue weighted by Crippen LogP contribution is -2.25. The number of unbranched alkanes of at least 4 members (excludes halogenated alkanes) is 4. The molecule has 1 heteroatoms. The molecule has 0 radical (unpaired) electrons. The van der Waals surface area contributed by atoms with Gasteiger partial charge in [-0.1, -0.05) is 77.2 Å². The van der Waals surface area contributed by atoms with Crippen LogP contribution < -0.4 is 0 Å². The van der Waals surface area contributed by atoms with E-state index in [0.29, 0.717) is 0 Å². The van der Waals surface area contributed by atoms with Crippen LogP contribution in [0.4, 0.5) is 0 Å². The summed E-state index contributed by atoms with van der Waals surface area (Å²) >= 11 is 0. The lowest BCUT2D eigenvalue weighted by molar-refractivity contribution is 0.140. The molecule has 2 rings (SSSR count). The number of nitriles is 1. The second-order valence-electron chi connectivity index (χ2n) is 8.87. The first-order valence-corrected chi connectivity index (χ1v) is 11.4. The van der Waals surface area contributed by atoms with Gasteiger partial charge in [0.1, 0.15) is 0 Å². The Morgan fingerprint density at radius 3 is 1.88 bits per heavy atom. The third-order valence-corrected chi connectivity index (χ3v) is 7.10. The molecule has 2 aliphatic carbocycles. The molecule has 0 atom stereocenters. The normalized spacial score (nSPS) is 30.4. The van der Waals surface area contributed by atoms with Crippen LogP contribution in [-0.2, 0) is 0 Å². The lowest BCUT2D eigenvalue weighted by atomic mass is 9.68. The van der Waals surface area contributed by atoms with Crippen molar-refractivity contribution >= 4 is 0 Å². The standard InChI is InChI=1S/C24H41N/c1-2-3-4-5-7-10-21-12-16-23(17-13-21)24-18-14-22(15-19-24)11-8-6-9-20-25/h6,9,21-24H,2-5,7-8,10-19H2,1H3/t21-,22-,23-,24-. The summed E-state index contributed by atoms with van der Waals surface area (Å²) in [5.41, 5.74) is 0. The van der Waals surface area contributed by atoms with Gasteiger partial charge in [0.05, 0.1) is 6.07 Å². The van der Waals surface area contributed by atoms with Gasteiger partial charge in [-0.2, -0.15) is 5.26 Å². The van der Waals surface area contributed by atoms with Crippen LogP contribution in [-0.4, -0.2) is 0 Å². The highest BCUT2D eigenvalue weighted by Crippen LogP contribution is 2.43. The summed E-state index contributed by atoms with van der Waals surface area (Å²) in [4.78, 5) is 0. The number of nitrogens with zero attached hydrogens (tertiary/aromatic N) is 1. The maximum absolute atomic E-state index is 8.55. The molecule has 2 fully saturated rings. The summed E-state index contributed by atoms with van der Waals surface area (Å²) in [6, 6.07) is 2.10. The number of hydrogen-bond acceptors (Lipinski definition) is 1. The molecule has 0 aromatic carbocycles. The third kappa shape index (κ3) is 7.98. The van der Waals surface area contributed by atoms with Gasteiger partial charge in [0.25, 0.3) is 0 Å². The molecule has 1 nitrogen and oxygen atoms in total. The van der Waals surface area contributed by atoms with Crippen LogP contribution in [0.2, 0.25) is 0 Å². The fourth-order valence-electron chi connectivity index (χ4n) is 5.40. The van der Waals surface area contributed by atoms with E-state index in [1.54, 1.807) is 6.08 Å². The summed E-state index contributed by atoms with van der Waals surface area (Å²) in [5.74, 6) is 4.08. The van der Waals surface area contributed by atoms with Gasteiger partial charge in [0, 0.05) is 6.08 Å². The van der Waals surface area contributed by atoms with Crippen molar-refractivity contribution in [1.82, 2.24) is 0 Å². The van der Waals surface area contributed by atoms with Crippen LogP contribution >= 0.6 is 0 Å². The molecule has 142 valence electrons. The topological polar surface area (TPSA) is 23.8 Å². The smallest absolute Gasteiger partial charge is 0.0908 e. The Hall–Kier alpha value is -0.770. The van der Waals surface area contributed by atoms with Crippen molar-refractivity contribution in [3.05, 3.63) is 12.2 Å². The Bertz CT molecular complexity index is 389. The van der Waals surface area contributed by atoms with Crippen molar-refractivity contribution in [2.24, 2.45) is 23.7 Å². The summed E-state index contributed by atoms with van der Waals surface area (Å²) in [5, 5.41) is 8.55. The van der Waals surface area contributed by atoms with Crippen molar-refractivity contribution in [3.8, 4) is 6.07 Å². The average Bonchev–Trinajstić information content (AvgIpc) is 2.66. The first-order valence-electron chi connectivity index (χ1n) is 11.4. The quantitative estimate of drug-likeness (QED) is 0.293. The van der Waals surface area contributed by atoms with Gasteiger partial charge in [0.2, 0.25) is 0 Å². The molecule has 0 aliphatic heterocycles. The predicted molar refractivity (Wildman–Crippen MR) is 108 cm³/mol. The molecule has 0 amide bonds. The zero-order chi connectivity index (χ0) is 17.7. The Balaban J connectivity index is 1.54. The van der Waals surface area contributed by atoms with Crippen LogP contribution in [0, 0.1) is 35.0 Å². The molecular formula is C24H41N. The largest absolute Gasteiger partial charge is 0.193 e. The van der Waals surface area contributed by atoms with Crippen molar-refractivity contribution in [2.45, 2.75) is 110 Å². The van der Waals surface area contributed by atoms with Gasteiger partial charge in [-0.25, -0.2) is 0 Å². The van der Waals surface area contributed by atoms with Gasteiger partial charge in [-0.05, 0) is 62.2 Å². The van der Waals surface area contributed by atoms with E-state index in [-0.39, 0.29) is 0 Å². The highest BCUT2D eigenvalue weighted by atomic mass is 14.4. The molecule has 0 aromatic rings. The van der Waals surface area contributed by atoms with E-state index in [2.05, 4.69) is 19.1 Å². The van der Waals surface area contributed by atoms with Gasteiger partial charge >= 0.3 is 0 Å². The van der Waals surface area contributed by atoms with Gasteiger partial charge in [-0.15, -0.1) is 0 Å². The lowest BCUT2D eigenvalue weighted by Gasteiger charge is -2.38. The minimum atomic E-state index is 0.930. The Morgan fingerprint density at radius 2 is 1.32 bits per heavy atom. The SMILES string of the molecule is CCCCCCC[C@H]1CC[C@H]([C@H]2CC[C@H](CCC=CC#N)CC2)CC1. The Morgan fingerprint density at radius 1 is 0.760 bits per heavy atom. The fourth-order valence-corrected chi connectivity index (χ4v) is 5.40. The van der Waals surface area contributed by atoms with Crippen LogP contribution in [0.3, 0.4) is 0 Å². The van der Waals surface area contributed by atoms with E-state index in [1.807, 2.05) is 0 Å². The zero-order valence-electron chi connectivity index (χ0n) is 16.7. The molecule has 25 heavy (non-hydrogen) atoms. The summed E-state index contributed by atoms with van der Waals surface area (Å²) in [6.07, 6.45) is 26.8. The van der Waals surface area contributed by atoms with Crippen molar-refractivity contribution in [1.29, 1.82) is 5.26 Å². The second kappa shape index (κ2) is 12.6. The third-order valence-electron chi connectivity index (χ3n) is 7.10. The van der Waals surface area contributed by atoms with Gasteiger partial charge in [-0.3, -0.25) is 0 Å². The van der Waals surface area contributed by atoms with Crippen LogP contribution in [0.1, 0.15) is 110 Å². The number of rotatable bonds is 10. The van der Waals surface area contributed by atoms with Gasteiger partial charge in [0.15, 0.2) is 0 Å². The zero-order valence-corrected chi connectivity index (χ0v) is 16.7. The van der Waals surface area contributed by atoms with Crippen molar-refractivity contribution < 1.29 is 0 Å². The second-order valence-corrected chi connectivity index (χ2v) is 8.87. The van der Waals surface area contributed by atoms with Crippen LogP contribution in [0.5, 0.6) is 0 Å². The van der Waals surface area contributed by atoms with E-state index in [4.69, 9.17) is 5.26 Å².